The van der Waals surface area contributed by atoms with E-state index < -0.39 is 22.9 Å². The number of rotatable bonds is 4. The van der Waals surface area contributed by atoms with Crippen LogP contribution < -0.4 is 0 Å². The van der Waals surface area contributed by atoms with Gasteiger partial charge in [0, 0.05) is 0 Å². The van der Waals surface area contributed by atoms with E-state index >= 15 is 0 Å². The summed E-state index contributed by atoms with van der Waals surface area (Å²) >= 11 is -1.09. The predicted molar refractivity (Wildman–Crippen MR) is 109 cm³/mol. The van der Waals surface area contributed by atoms with Gasteiger partial charge in [0.25, 0.3) is 0 Å². The second kappa shape index (κ2) is 6.43. The van der Waals surface area contributed by atoms with E-state index in [0.29, 0.717) is 6.34 Å². The van der Waals surface area contributed by atoms with Crippen molar-refractivity contribution >= 4 is 6.08 Å². The van der Waals surface area contributed by atoms with Crippen molar-refractivity contribution in [2.45, 2.75) is 80.0 Å². The van der Waals surface area contributed by atoms with Crippen molar-refractivity contribution in [3.63, 3.8) is 0 Å². The summed E-state index contributed by atoms with van der Waals surface area (Å²) < 4.78 is 0.776. The summed E-state index contributed by atoms with van der Waals surface area (Å²) in [5.74, 6) is 0. The monoisotopic (exact) mass is 512 g/mol. The number of aryl methyl sites for hydroxylation is 2. The molecule has 136 valence electrons. The van der Waals surface area contributed by atoms with Crippen LogP contribution in [-0.2, 0) is 38.9 Å². The molecule has 0 radical (unpaired) electrons. The number of hydrogen-bond acceptors (Lipinski definition) is 0. The van der Waals surface area contributed by atoms with Crippen LogP contribution in [0, 0.1) is 0 Å². The van der Waals surface area contributed by atoms with Gasteiger partial charge in [0.1, 0.15) is 0 Å². The molecule has 1 atom stereocenters. The Kier molecular flexibility index (Phi) is 4.62. The number of hydrogen-bond donors (Lipinski definition) is 0. The first-order valence-corrected chi connectivity index (χ1v) is 13.9. The summed E-state index contributed by atoms with van der Waals surface area (Å²) in [6.45, 7) is 14.5. The molecule has 3 aliphatic rings. The van der Waals surface area contributed by atoms with E-state index in [4.69, 9.17) is 0 Å². The standard InChI is InChI=1S/C15H17.C10H15.Hf/c1-2-4-11-7-8-14-9-12-5-3-6-13(12)10-15(11)14;1-6-7(2)9(4)10(5)8(6)3;/h7-10H,2-6H2,1H3;1-5H3;. The molecular formula is C25H32Hf. The number of benzene rings is 1. The Bertz CT molecular complexity index is 840. The molecule has 3 aliphatic carbocycles. The molecule has 0 saturated carbocycles. The minimum atomic E-state index is -1.09. The van der Waals surface area contributed by atoms with E-state index in [1.54, 1.807) is 44.5 Å². The topological polar surface area (TPSA) is 0 Å². The second-order valence-electron chi connectivity index (χ2n) is 8.87. The zero-order valence-corrected chi connectivity index (χ0v) is 20.9. The van der Waals surface area contributed by atoms with E-state index in [9.17, 15) is 0 Å². The Balaban J connectivity index is 1.81. The van der Waals surface area contributed by atoms with Gasteiger partial charge >= 0.3 is 172 Å². The predicted octanol–water partition coefficient (Wildman–Crippen LogP) is 7.15. The third-order valence-corrected chi connectivity index (χ3v) is 16.2. The normalized spacial score (nSPS) is 25.9. The fourth-order valence-electron chi connectivity index (χ4n) is 5.50. The van der Waals surface area contributed by atoms with Gasteiger partial charge in [-0.05, 0) is 0 Å². The van der Waals surface area contributed by atoms with E-state index in [2.05, 4.69) is 65.8 Å². The van der Waals surface area contributed by atoms with Crippen molar-refractivity contribution < 1.29 is 22.9 Å². The van der Waals surface area contributed by atoms with E-state index in [1.807, 2.05) is 0 Å². The van der Waals surface area contributed by atoms with Crippen molar-refractivity contribution in [1.82, 2.24) is 0 Å². The van der Waals surface area contributed by atoms with E-state index in [1.165, 1.54) is 32.1 Å². The molecule has 0 saturated heterocycles. The first-order valence-electron chi connectivity index (χ1n) is 10.3. The van der Waals surface area contributed by atoms with E-state index in [-0.39, 0.29) is 0 Å². The number of allylic oxidation sites excluding steroid dienone is 5. The molecule has 0 heterocycles. The number of fused-ring (bicyclic) bond motifs is 2. The second-order valence-corrected chi connectivity index (χ2v) is 16.6. The van der Waals surface area contributed by atoms with Gasteiger partial charge < -0.3 is 0 Å². The third-order valence-electron chi connectivity index (χ3n) is 7.60. The van der Waals surface area contributed by atoms with Crippen LogP contribution in [0.25, 0.3) is 6.08 Å². The molecule has 1 heteroatoms. The van der Waals surface area contributed by atoms with E-state index in [0.717, 1.165) is 0 Å². The van der Waals surface area contributed by atoms with Gasteiger partial charge in [-0.3, -0.25) is 0 Å². The minimum absolute atomic E-state index is 0.383. The van der Waals surface area contributed by atoms with Crippen molar-refractivity contribution in [1.29, 1.82) is 0 Å². The summed E-state index contributed by atoms with van der Waals surface area (Å²) in [4.78, 5) is 0. The summed E-state index contributed by atoms with van der Waals surface area (Å²) in [6.07, 6.45) is 11.7. The van der Waals surface area contributed by atoms with Crippen LogP contribution in [0.15, 0.2) is 40.5 Å². The molecule has 1 unspecified atom stereocenters. The molecule has 4 rings (SSSR count). The van der Waals surface area contributed by atoms with Crippen LogP contribution in [0.5, 0.6) is 0 Å². The summed E-state index contributed by atoms with van der Waals surface area (Å²) in [5.41, 5.74) is 13.0. The molecule has 1 aromatic rings. The van der Waals surface area contributed by atoms with Crippen molar-refractivity contribution in [3.8, 4) is 0 Å². The fourth-order valence-corrected chi connectivity index (χ4v) is 14.6. The first kappa shape index (κ1) is 18.7. The molecular weight excluding hydrogens is 479 g/mol. The zero-order valence-electron chi connectivity index (χ0n) is 17.3. The van der Waals surface area contributed by atoms with Crippen molar-refractivity contribution in [3.05, 3.63) is 62.8 Å². The van der Waals surface area contributed by atoms with Crippen LogP contribution in [-0.4, -0.2) is 0 Å². The molecule has 0 fully saturated rings. The van der Waals surface area contributed by atoms with Gasteiger partial charge in [0.05, 0.1) is 0 Å². The molecule has 26 heavy (non-hydrogen) atoms. The average Bonchev–Trinajstić information content (AvgIpc) is 3.25. The van der Waals surface area contributed by atoms with Gasteiger partial charge in [0.2, 0.25) is 0 Å². The maximum atomic E-state index is 2.65. The summed E-state index contributed by atoms with van der Waals surface area (Å²) in [5, 5.41) is 0. The van der Waals surface area contributed by atoms with Crippen LogP contribution >= 0.6 is 0 Å². The van der Waals surface area contributed by atoms with Crippen LogP contribution in [0.2, 0.25) is 3.17 Å². The Labute approximate surface area is 171 Å². The molecule has 0 nitrogen and oxygen atoms in total. The van der Waals surface area contributed by atoms with Crippen molar-refractivity contribution in [2.24, 2.45) is 0 Å². The Morgan fingerprint density at radius 1 is 0.962 bits per heavy atom. The Morgan fingerprint density at radius 2 is 1.58 bits per heavy atom. The van der Waals surface area contributed by atoms with Gasteiger partial charge in [0.15, 0.2) is 0 Å². The van der Waals surface area contributed by atoms with Gasteiger partial charge in [-0.25, -0.2) is 0 Å². The SMILES string of the molecule is CCC[C]1([Hf][C]2(C)C(C)=C(C)C(C)=C2C)C=Cc2cc3c(cc21)CCC3. The van der Waals surface area contributed by atoms with Crippen molar-refractivity contribution in [2.75, 3.05) is 0 Å². The van der Waals surface area contributed by atoms with Gasteiger partial charge in [-0.2, -0.15) is 0 Å². The third kappa shape index (κ3) is 2.56. The molecule has 0 aliphatic heterocycles. The quantitative estimate of drug-likeness (QED) is 0.377. The maximum absolute atomic E-state index is 2.65. The summed E-state index contributed by atoms with van der Waals surface area (Å²) in [6, 6.07) is 5.17. The molecule has 0 spiro atoms. The molecule has 0 amide bonds. The van der Waals surface area contributed by atoms with Crippen LogP contribution in [0.3, 0.4) is 0 Å². The fraction of sp³-hybridized carbons (Fsp3) is 0.520. The Morgan fingerprint density at radius 3 is 2.19 bits per heavy atom. The molecule has 1 aromatic carbocycles. The Hall–Kier alpha value is -0.690. The molecule has 0 N–H and O–H groups in total. The zero-order chi connectivity index (χ0) is 18.7. The van der Waals surface area contributed by atoms with Gasteiger partial charge in [-0.1, -0.05) is 0 Å². The van der Waals surface area contributed by atoms with Crippen LogP contribution in [0.1, 0.15) is 83.1 Å². The molecule has 0 bridgehead atoms. The molecule has 0 aromatic heterocycles. The summed E-state index contributed by atoms with van der Waals surface area (Å²) in [7, 11) is 0. The average molecular weight is 511 g/mol. The van der Waals surface area contributed by atoms with Gasteiger partial charge in [-0.15, -0.1) is 0 Å². The first-order chi connectivity index (χ1) is 12.3. The van der Waals surface area contributed by atoms with Crippen LogP contribution in [0.4, 0.5) is 0 Å².